The van der Waals surface area contributed by atoms with Crippen LogP contribution >= 0.6 is 0 Å². The zero-order valence-electron chi connectivity index (χ0n) is 14.1. The van der Waals surface area contributed by atoms with Crippen LogP contribution in [0.2, 0.25) is 0 Å². The first-order valence-electron chi connectivity index (χ1n) is 7.93. The monoisotopic (exact) mass is 305 g/mol. The minimum Gasteiger partial charge on any atom is -0.389 e. The first-order chi connectivity index (χ1) is 10.2. The SMILES string of the molecule is Cc1ccc([C@H](C)O)cc1NC(=O)C1CC(OC(C)(C)C)C1. The van der Waals surface area contributed by atoms with E-state index in [1.807, 2.05) is 45.9 Å². The average molecular weight is 305 g/mol. The molecule has 1 fully saturated rings. The van der Waals surface area contributed by atoms with Crippen LogP contribution in [0.5, 0.6) is 0 Å². The van der Waals surface area contributed by atoms with Crippen LogP contribution in [0.3, 0.4) is 0 Å². The third-order valence-electron chi connectivity index (χ3n) is 3.99. The molecule has 22 heavy (non-hydrogen) atoms. The lowest BCUT2D eigenvalue weighted by molar-refractivity contribution is -0.140. The Labute approximate surface area is 132 Å². The Morgan fingerprint density at radius 1 is 1.36 bits per heavy atom. The summed E-state index contributed by atoms with van der Waals surface area (Å²) in [4.78, 5) is 12.3. The van der Waals surface area contributed by atoms with Crippen LogP contribution in [0.4, 0.5) is 5.69 Å². The number of benzene rings is 1. The lowest BCUT2D eigenvalue weighted by Gasteiger charge is -2.38. The molecule has 0 spiro atoms. The van der Waals surface area contributed by atoms with Gasteiger partial charge in [0, 0.05) is 11.6 Å². The highest BCUT2D eigenvalue weighted by Gasteiger charge is 2.37. The molecule has 0 aromatic heterocycles. The quantitative estimate of drug-likeness (QED) is 0.894. The molecule has 1 aliphatic carbocycles. The summed E-state index contributed by atoms with van der Waals surface area (Å²) in [6.45, 7) is 9.77. The average Bonchev–Trinajstić information content (AvgIpc) is 2.34. The number of rotatable bonds is 4. The summed E-state index contributed by atoms with van der Waals surface area (Å²) in [5.74, 6) is 0.0570. The molecule has 0 radical (unpaired) electrons. The summed E-state index contributed by atoms with van der Waals surface area (Å²) in [5, 5.41) is 12.6. The van der Waals surface area contributed by atoms with Gasteiger partial charge in [0.05, 0.1) is 17.8 Å². The lowest BCUT2D eigenvalue weighted by atomic mass is 9.81. The summed E-state index contributed by atoms with van der Waals surface area (Å²) in [6, 6.07) is 5.65. The van der Waals surface area contributed by atoms with E-state index in [-0.39, 0.29) is 23.5 Å². The van der Waals surface area contributed by atoms with Gasteiger partial charge in [0.15, 0.2) is 0 Å². The second kappa shape index (κ2) is 6.39. The molecule has 122 valence electrons. The van der Waals surface area contributed by atoms with Gasteiger partial charge in [-0.2, -0.15) is 0 Å². The number of carbonyl (C=O) groups is 1. The van der Waals surface area contributed by atoms with E-state index in [2.05, 4.69) is 5.32 Å². The third kappa shape index (κ3) is 4.31. The van der Waals surface area contributed by atoms with Crippen molar-refractivity contribution in [1.29, 1.82) is 0 Å². The third-order valence-corrected chi connectivity index (χ3v) is 3.99. The Balaban J connectivity index is 1.92. The minimum absolute atomic E-state index is 0.0157. The van der Waals surface area contributed by atoms with Crippen LogP contribution < -0.4 is 5.32 Å². The molecular weight excluding hydrogens is 278 g/mol. The molecule has 1 aromatic rings. The van der Waals surface area contributed by atoms with Crippen molar-refractivity contribution in [3.8, 4) is 0 Å². The van der Waals surface area contributed by atoms with E-state index < -0.39 is 6.10 Å². The molecule has 1 saturated carbocycles. The summed E-state index contributed by atoms with van der Waals surface area (Å²) in [5.41, 5.74) is 2.43. The van der Waals surface area contributed by atoms with Gasteiger partial charge in [-0.3, -0.25) is 4.79 Å². The first-order valence-corrected chi connectivity index (χ1v) is 7.93. The van der Waals surface area contributed by atoms with Gasteiger partial charge in [-0.25, -0.2) is 0 Å². The number of ether oxygens (including phenoxy) is 1. The van der Waals surface area contributed by atoms with E-state index >= 15 is 0 Å². The van der Waals surface area contributed by atoms with Crippen LogP contribution in [-0.2, 0) is 9.53 Å². The van der Waals surface area contributed by atoms with Gasteiger partial charge in [-0.05, 0) is 64.7 Å². The maximum Gasteiger partial charge on any atom is 0.227 e. The molecule has 0 heterocycles. The smallest absolute Gasteiger partial charge is 0.227 e. The molecule has 1 aliphatic rings. The Morgan fingerprint density at radius 3 is 2.55 bits per heavy atom. The van der Waals surface area contributed by atoms with Crippen LogP contribution in [0.1, 0.15) is 57.8 Å². The molecule has 0 bridgehead atoms. The summed E-state index contributed by atoms with van der Waals surface area (Å²) in [6.07, 6.45) is 1.20. The number of anilines is 1. The van der Waals surface area contributed by atoms with E-state index in [0.29, 0.717) is 0 Å². The largest absolute Gasteiger partial charge is 0.389 e. The van der Waals surface area contributed by atoms with Crippen LogP contribution in [0.15, 0.2) is 18.2 Å². The normalized spacial score (nSPS) is 22.8. The number of aliphatic hydroxyl groups is 1. The van der Waals surface area contributed by atoms with E-state index in [9.17, 15) is 9.90 Å². The van der Waals surface area contributed by atoms with Crippen LogP contribution in [0.25, 0.3) is 0 Å². The van der Waals surface area contributed by atoms with Gasteiger partial charge in [0.2, 0.25) is 5.91 Å². The minimum atomic E-state index is -0.537. The van der Waals surface area contributed by atoms with E-state index in [1.54, 1.807) is 6.92 Å². The standard InChI is InChI=1S/C18H27NO3/c1-11-6-7-13(12(2)20)10-16(11)19-17(21)14-8-15(9-14)22-18(3,4)5/h6-7,10,12,14-15,20H,8-9H2,1-5H3,(H,19,21)/t12-,14?,15?/m0/s1. The maximum atomic E-state index is 12.3. The fraction of sp³-hybridized carbons (Fsp3) is 0.611. The van der Waals surface area contributed by atoms with Gasteiger partial charge in [0.25, 0.3) is 0 Å². The number of hydrogen-bond donors (Lipinski definition) is 2. The summed E-state index contributed by atoms with van der Waals surface area (Å²) < 4.78 is 5.87. The van der Waals surface area contributed by atoms with Crippen molar-refractivity contribution in [1.82, 2.24) is 0 Å². The molecule has 1 amide bonds. The van der Waals surface area contributed by atoms with Crippen molar-refractivity contribution >= 4 is 11.6 Å². The molecule has 2 rings (SSSR count). The Kier molecular flexibility index (Phi) is 4.93. The van der Waals surface area contributed by atoms with Crippen LogP contribution in [0, 0.1) is 12.8 Å². The van der Waals surface area contributed by atoms with Crippen molar-refractivity contribution in [3.05, 3.63) is 29.3 Å². The molecule has 4 heteroatoms. The van der Waals surface area contributed by atoms with Gasteiger partial charge >= 0.3 is 0 Å². The Hall–Kier alpha value is -1.39. The van der Waals surface area contributed by atoms with E-state index in [0.717, 1.165) is 29.7 Å². The number of amides is 1. The number of hydrogen-bond acceptors (Lipinski definition) is 3. The predicted octanol–water partition coefficient (Wildman–Crippen LogP) is 3.58. The van der Waals surface area contributed by atoms with Crippen molar-refractivity contribution < 1.29 is 14.6 Å². The lowest BCUT2D eigenvalue weighted by Crippen LogP contribution is -2.42. The fourth-order valence-corrected chi connectivity index (χ4v) is 2.64. The number of aliphatic hydroxyl groups excluding tert-OH is 1. The second-order valence-corrected chi connectivity index (χ2v) is 7.26. The molecule has 0 saturated heterocycles. The van der Waals surface area contributed by atoms with Gasteiger partial charge in [0.1, 0.15) is 0 Å². The van der Waals surface area contributed by atoms with E-state index in [4.69, 9.17) is 4.74 Å². The van der Waals surface area contributed by atoms with Gasteiger partial charge in [-0.15, -0.1) is 0 Å². The highest BCUT2D eigenvalue weighted by Crippen LogP contribution is 2.34. The topological polar surface area (TPSA) is 58.6 Å². The molecule has 1 atom stereocenters. The van der Waals surface area contributed by atoms with Gasteiger partial charge in [-0.1, -0.05) is 12.1 Å². The Morgan fingerprint density at radius 2 is 2.00 bits per heavy atom. The Bertz CT molecular complexity index is 540. The molecular formula is C18H27NO3. The van der Waals surface area contributed by atoms with Crippen LogP contribution in [-0.4, -0.2) is 22.7 Å². The summed E-state index contributed by atoms with van der Waals surface area (Å²) >= 11 is 0. The predicted molar refractivity (Wildman–Crippen MR) is 87.8 cm³/mol. The molecule has 0 aliphatic heterocycles. The maximum absolute atomic E-state index is 12.3. The van der Waals surface area contributed by atoms with Gasteiger partial charge < -0.3 is 15.2 Å². The van der Waals surface area contributed by atoms with Crippen molar-refractivity contribution in [2.45, 2.75) is 65.3 Å². The molecule has 0 unspecified atom stereocenters. The summed E-state index contributed by atoms with van der Waals surface area (Å²) in [7, 11) is 0. The molecule has 1 aromatic carbocycles. The highest BCUT2D eigenvalue weighted by molar-refractivity contribution is 5.94. The van der Waals surface area contributed by atoms with Crippen molar-refractivity contribution in [2.75, 3.05) is 5.32 Å². The zero-order chi connectivity index (χ0) is 16.5. The molecule has 4 nitrogen and oxygen atoms in total. The number of nitrogens with one attached hydrogen (secondary N) is 1. The van der Waals surface area contributed by atoms with E-state index in [1.165, 1.54) is 0 Å². The molecule has 2 N–H and O–H groups in total. The first kappa shape index (κ1) is 17.0. The number of aryl methyl sites for hydroxylation is 1. The number of carbonyl (C=O) groups excluding carboxylic acids is 1. The van der Waals surface area contributed by atoms with Crippen molar-refractivity contribution in [3.63, 3.8) is 0 Å². The second-order valence-electron chi connectivity index (χ2n) is 7.26. The van der Waals surface area contributed by atoms with Crippen molar-refractivity contribution in [2.24, 2.45) is 5.92 Å². The highest BCUT2D eigenvalue weighted by atomic mass is 16.5. The fourth-order valence-electron chi connectivity index (χ4n) is 2.64. The zero-order valence-corrected chi connectivity index (χ0v) is 14.1.